The summed E-state index contributed by atoms with van der Waals surface area (Å²) in [7, 11) is -3.81. The van der Waals surface area contributed by atoms with Crippen molar-refractivity contribution in [2.75, 3.05) is 11.9 Å². The summed E-state index contributed by atoms with van der Waals surface area (Å²) in [5, 5.41) is 12.3. The molecule has 2 aromatic carbocycles. The maximum atomic E-state index is 12.6. The predicted octanol–water partition coefficient (Wildman–Crippen LogP) is 3.25. The lowest BCUT2D eigenvalue weighted by atomic mass is 10.1. The van der Waals surface area contributed by atoms with Crippen LogP contribution in [0.1, 0.15) is 42.2 Å². The van der Waals surface area contributed by atoms with E-state index < -0.39 is 16.0 Å². The minimum atomic E-state index is -3.81. The molecule has 0 amide bonds. The van der Waals surface area contributed by atoms with E-state index in [0.29, 0.717) is 12.1 Å². The zero-order valence-corrected chi connectivity index (χ0v) is 15.0. The van der Waals surface area contributed by atoms with Crippen molar-refractivity contribution >= 4 is 21.7 Å². The Morgan fingerprint density at radius 3 is 2.44 bits per heavy atom. The number of sulfonamides is 1. The highest BCUT2D eigenvalue weighted by molar-refractivity contribution is 7.89. The summed E-state index contributed by atoms with van der Waals surface area (Å²) in [5.41, 5.74) is 1.29. The van der Waals surface area contributed by atoms with Crippen molar-refractivity contribution < 1.29 is 18.3 Å². The number of benzene rings is 2. The number of carboxylic acid groups (broad SMARTS) is 1. The van der Waals surface area contributed by atoms with E-state index in [1.807, 2.05) is 44.2 Å². The van der Waals surface area contributed by atoms with Gasteiger partial charge in [0.25, 0.3) is 0 Å². The molecule has 3 N–H and O–H groups in total. The number of carbonyl (C=O) groups is 1. The van der Waals surface area contributed by atoms with Crippen LogP contribution >= 0.6 is 0 Å². The van der Waals surface area contributed by atoms with Crippen LogP contribution < -0.4 is 10.0 Å². The Balaban J connectivity index is 2.41. The monoisotopic (exact) mass is 362 g/mol. The molecule has 0 saturated carbocycles. The van der Waals surface area contributed by atoms with Crippen LogP contribution in [0.15, 0.2) is 53.4 Å². The van der Waals surface area contributed by atoms with Crippen LogP contribution in [0, 0.1) is 0 Å². The molecule has 0 aliphatic carbocycles. The largest absolute Gasteiger partial charge is 0.478 e. The maximum Gasteiger partial charge on any atom is 0.335 e. The third-order valence-electron chi connectivity index (χ3n) is 3.73. The van der Waals surface area contributed by atoms with E-state index in [9.17, 15) is 13.2 Å². The molecule has 0 aliphatic heterocycles. The van der Waals surface area contributed by atoms with Crippen molar-refractivity contribution in [2.24, 2.45) is 0 Å². The van der Waals surface area contributed by atoms with Crippen LogP contribution in [-0.2, 0) is 10.0 Å². The lowest BCUT2D eigenvalue weighted by Gasteiger charge is -2.19. The van der Waals surface area contributed by atoms with Crippen LogP contribution in [0.25, 0.3) is 0 Å². The number of carboxylic acids is 1. The van der Waals surface area contributed by atoms with Gasteiger partial charge >= 0.3 is 5.97 Å². The quantitative estimate of drug-likeness (QED) is 0.670. The van der Waals surface area contributed by atoms with Gasteiger partial charge in [0.2, 0.25) is 10.0 Å². The van der Waals surface area contributed by atoms with Gasteiger partial charge in [0.05, 0.1) is 11.3 Å². The summed E-state index contributed by atoms with van der Waals surface area (Å²) in [5.74, 6) is -1.17. The summed E-state index contributed by atoms with van der Waals surface area (Å²) in [4.78, 5) is 11.1. The molecule has 7 heteroatoms. The Kier molecular flexibility index (Phi) is 6.17. The average molecular weight is 362 g/mol. The first-order chi connectivity index (χ1) is 11.8. The second kappa shape index (κ2) is 8.13. The van der Waals surface area contributed by atoms with Crippen molar-refractivity contribution in [3.05, 3.63) is 59.7 Å². The molecule has 0 unspecified atom stereocenters. The van der Waals surface area contributed by atoms with Gasteiger partial charge in [-0.25, -0.2) is 17.9 Å². The molecule has 0 aliphatic rings. The number of hydrogen-bond acceptors (Lipinski definition) is 4. The second-order valence-electron chi connectivity index (χ2n) is 5.69. The molecule has 0 radical (unpaired) electrons. The van der Waals surface area contributed by atoms with Gasteiger partial charge in [0.1, 0.15) is 4.90 Å². The van der Waals surface area contributed by atoms with Gasteiger partial charge in [-0.3, -0.25) is 0 Å². The van der Waals surface area contributed by atoms with Crippen molar-refractivity contribution in [2.45, 2.75) is 31.2 Å². The van der Waals surface area contributed by atoms with Gasteiger partial charge in [-0.2, -0.15) is 0 Å². The van der Waals surface area contributed by atoms with Crippen molar-refractivity contribution in [1.82, 2.24) is 4.72 Å². The van der Waals surface area contributed by atoms with Crippen molar-refractivity contribution in [1.29, 1.82) is 0 Å². The van der Waals surface area contributed by atoms with Crippen LogP contribution in [-0.4, -0.2) is 26.0 Å². The zero-order chi connectivity index (χ0) is 18.4. The van der Waals surface area contributed by atoms with Gasteiger partial charge in [0, 0.05) is 12.6 Å². The smallest absolute Gasteiger partial charge is 0.335 e. The Morgan fingerprint density at radius 2 is 1.84 bits per heavy atom. The van der Waals surface area contributed by atoms with E-state index in [1.165, 1.54) is 18.2 Å². The van der Waals surface area contributed by atoms with E-state index in [4.69, 9.17) is 5.11 Å². The summed E-state index contributed by atoms with van der Waals surface area (Å²) in [6.45, 7) is 4.05. The van der Waals surface area contributed by atoms with Crippen LogP contribution in [0.4, 0.5) is 5.69 Å². The van der Waals surface area contributed by atoms with E-state index in [0.717, 1.165) is 5.56 Å². The Bertz CT molecular complexity index is 835. The van der Waals surface area contributed by atoms with Crippen LogP contribution in [0.2, 0.25) is 0 Å². The molecule has 0 spiro atoms. The molecule has 0 heterocycles. The van der Waals surface area contributed by atoms with Crippen LogP contribution in [0.5, 0.6) is 0 Å². The molecular formula is C18H22N2O4S. The van der Waals surface area contributed by atoms with Crippen LogP contribution in [0.3, 0.4) is 0 Å². The first kappa shape index (κ1) is 19.0. The fourth-order valence-corrected chi connectivity index (χ4v) is 3.70. The number of hydrogen-bond donors (Lipinski definition) is 3. The number of anilines is 1. The Hall–Kier alpha value is -2.38. The number of rotatable bonds is 8. The van der Waals surface area contributed by atoms with E-state index in [2.05, 4.69) is 10.0 Å². The summed E-state index contributed by atoms with van der Waals surface area (Å²) in [6, 6.07) is 13.5. The van der Waals surface area contributed by atoms with Gasteiger partial charge in [-0.1, -0.05) is 37.3 Å². The van der Waals surface area contributed by atoms with Gasteiger partial charge in [0.15, 0.2) is 0 Å². The predicted molar refractivity (Wildman–Crippen MR) is 97.4 cm³/mol. The molecule has 2 rings (SSSR count). The highest BCUT2D eigenvalue weighted by Crippen LogP contribution is 2.27. The summed E-state index contributed by atoms with van der Waals surface area (Å²) < 4.78 is 27.6. The van der Waals surface area contributed by atoms with Gasteiger partial charge in [-0.15, -0.1) is 0 Å². The molecule has 0 fully saturated rings. The lowest BCUT2D eigenvalue weighted by molar-refractivity contribution is 0.0696. The summed E-state index contributed by atoms with van der Waals surface area (Å²) in [6.07, 6.45) is 0.640. The van der Waals surface area contributed by atoms with E-state index in [-0.39, 0.29) is 23.0 Å². The maximum absolute atomic E-state index is 12.6. The molecule has 0 bridgehead atoms. The van der Waals surface area contributed by atoms with E-state index in [1.54, 1.807) is 0 Å². The lowest BCUT2D eigenvalue weighted by Crippen LogP contribution is -2.26. The minimum Gasteiger partial charge on any atom is -0.478 e. The average Bonchev–Trinajstić information content (AvgIpc) is 2.60. The SMILES string of the molecule is CCCNS(=O)(=O)c1cc(C(=O)O)ccc1N[C@H](C)c1ccccc1. The third-order valence-corrected chi connectivity index (χ3v) is 5.23. The van der Waals surface area contributed by atoms with Crippen molar-refractivity contribution in [3.8, 4) is 0 Å². The molecule has 1 atom stereocenters. The fraction of sp³-hybridized carbons (Fsp3) is 0.278. The molecule has 134 valence electrons. The van der Waals surface area contributed by atoms with Gasteiger partial charge in [-0.05, 0) is 37.1 Å². The highest BCUT2D eigenvalue weighted by atomic mass is 32.2. The fourth-order valence-electron chi connectivity index (χ4n) is 2.37. The third kappa shape index (κ3) is 4.80. The van der Waals surface area contributed by atoms with Crippen molar-refractivity contribution in [3.63, 3.8) is 0 Å². The molecule has 25 heavy (non-hydrogen) atoms. The first-order valence-electron chi connectivity index (χ1n) is 8.03. The standard InChI is InChI=1S/C18H22N2O4S/c1-3-11-19-25(23,24)17-12-15(18(21)22)9-10-16(17)20-13(2)14-7-5-4-6-8-14/h4-10,12-13,19-20H,3,11H2,1-2H3,(H,21,22)/t13-/m1/s1. The first-order valence-corrected chi connectivity index (χ1v) is 9.52. The highest BCUT2D eigenvalue weighted by Gasteiger charge is 2.21. The molecule has 0 aromatic heterocycles. The number of aromatic carboxylic acids is 1. The topological polar surface area (TPSA) is 95.5 Å². The van der Waals surface area contributed by atoms with Gasteiger partial charge < -0.3 is 10.4 Å². The number of nitrogens with one attached hydrogen (secondary N) is 2. The molecule has 0 saturated heterocycles. The Labute approximate surface area is 147 Å². The zero-order valence-electron chi connectivity index (χ0n) is 14.2. The molecular weight excluding hydrogens is 340 g/mol. The molecule has 6 nitrogen and oxygen atoms in total. The normalized spacial score (nSPS) is 12.6. The molecule has 2 aromatic rings. The Morgan fingerprint density at radius 1 is 1.16 bits per heavy atom. The van der Waals surface area contributed by atoms with E-state index >= 15 is 0 Å². The second-order valence-corrected chi connectivity index (χ2v) is 7.43. The summed E-state index contributed by atoms with van der Waals surface area (Å²) >= 11 is 0. The minimum absolute atomic E-state index is 0.0661.